The third-order valence-corrected chi connectivity index (χ3v) is 5.22. The zero-order valence-corrected chi connectivity index (χ0v) is 16.3. The molecule has 132 valence electrons. The molecule has 1 aromatic rings. The Balaban J connectivity index is 0.00000264. The van der Waals surface area contributed by atoms with Crippen molar-refractivity contribution in [2.45, 2.75) is 24.7 Å². The van der Waals surface area contributed by atoms with Gasteiger partial charge in [0.25, 0.3) is 0 Å². The van der Waals surface area contributed by atoms with Gasteiger partial charge in [-0.15, -0.1) is 35.3 Å². The molecule has 1 fully saturated rings. The van der Waals surface area contributed by atoms with Crippen LogP contribution in [0, 0.1) is 0 Å². The third-order valence-electron chi connectivity index (χ3n) is 3.14. The maximum absolute atomic E-state index is 12.5. The Morgan fingerprint density at radius 2 is 2.22 bits per heavy atom. The fourth-order valence-electron chi connectivity index (χ4n) is 1.89. The van der Waals surface area contributed by atoms with Crippen LogP contribution in [0.4, 0.5) is 13.2 Å². The van der Waals surface area contributed by atoms with Crippen LogP contribution < -0.4 is 10.6 Å². The molecule has 1 aliphatic rings. The number of aliphatic hydroxyl groups is 1. The zero-order chi connectivity index (χ0) is 16.2. The number of nitrogens with one attached hydrogen (secondary N) is 2. The van der Waals surface area contributed by atoms with E-state index in [0.717, 1.165) is 22.5 Å². The number of rotatable bonds is 4. The second-order valence-electron chi connectivity index (χ2n) is 4.93. The van der Waals surface area contributed by atoms with Gasteiger partial charge in [-0.1, -0.05) is 0 Å². The van der Waals surface area contributed by atoms with Gasteiger partial charge < -0.3 is 15.7 Å². The lowest BCUT2D eigenvalue weighted by Gasteiger charge is -2.23. The van der Waals surface area contributed by atoms with Crippen LogP contribution in [0.15, 0.2) is 10.4 Å². The summed E-state index contributed by atoms with van der Waals surface area (Å²) < 4.78 is 37.4. The molecule has 1 aliphatic heterocycles. The molecule has 1 aromatic heterocycles. The van der Waals surface area contributed by atoms with Gasteiger partial charge in [0.2, 0.25) is 0 Å². The molecule has 2 heterocycles. The topological polar surface area (TPSA) is 69.5 Å². The molecule has 0 amide bonds. The van der Waals surface area contributed by atoms with Gasteiger partial charge in [0.05, 0.1) is 12.1 Å². The smallest absolute Gasteiger partial charge is 0.387 e. The molecule has 23 heavy (non-hydrogen) atoms. The van der Waals surface area contributed by atoms with Gasteiger partial charge in [-0.25, -0.2) is 4.98 Å². The predicted octanol–water partition coefficient (Wildman–Crippen LogP) is 2.31. The quantitative estimate of drug-likeness (QED) is 0.349. The van der Waals surface area contributed by atoms with Crippen molar-refractivity contribution in [3.05, 3.63) is 16.1 Å². The van der Waals surface area contributed by atoms with E-state index in [9.17, 15) is 18.3 Å². The Hall–Kier alpha value is -0.270. The Morgan fingerprint density at radius 1 is 1.48 bits per heavy atom. The molecule has 1 unspecified atom stereocenters. The summed E-state index contributed by atoms with van der Waals surface area (Å²) in [6.07, 6.45) is -3.71. The van der Waals surface area contributed by atoms with E-state index in [0.29, 0.717) is 29.7 Å². The molecule has 5 nitrogen and oxygen atoms in total. The maximum Gasteiger partial charge on any atom is 0.434 e. The first kappa shape index (κ1) is 20.8. The molecule has 0 aliphatic carbocycles. The second-order valence-corrected chi connectivity index (χ2v) is 6.98. The fourth-order valence-corrected chi connectivity index (χ4v) is 3.92. The van der Waals surface area contributed by atoms with Crippen molar-refractivity contribution in [2.75, 3.05) is 25.1 Å². The highest BCUT2D eigenvalue weighted by Gasteiger charge is 2.34. The standard InChI is InChI=1S/C12H17F3N4OS2.HI/c1-16-10(18-6-11(20)2-3-21-7-11)17-4-9-19-8(5-22-9)12(13,14)15;/h5,20H,2-4,6-7H2,1H3,(H2,16,17,18);1H. The minimum Gasteiger partial charge on any atom is -0.387 e. The number of hydrogen-bond donors (Lipinski definition) is 3. The van der Waals surface area contributed by atoms with Crippen molar-refractivity contribution in [1.82, 2.24) is 15.6 Å². The molecule has 0 bridgehead atoms. The van der Waals surface area contributed by atoms with Gasteiger partial charge in [-0.3, -0.25) is 4.99 Å². The van der Waals surface area contributed by atoms with Crippen LogP contribution in [-0.2, 0) is 12.7 Å². The lowest BCUT2D eigenvalue weighted by atomic mass is 10.0. The van der Waals surface area contributed by atoms with Crippen LogP contribution in [0.3, 0.4) is 0 Å². The summed E-state index contributed by atoms with van der Waals surface area (Å²) in [4.78, 5) is 7.52. The van der Waals surface area contributed by atoms with Gasteiger partial charge in [-0.2, -0.15) is 24.9 Å². The molecule has 0 spiro atoms. The lowest BCUT2D eigenvalue weighted by Crippen LogP contribution is -2.47. The number of thiazole rings is 1. The Morgan fingerprint density at radius 3 is 2.74 bits per heavy atom. The molecule has 11 heteroatoms. The number of nitrogens with zero attached hydrogens (tertiary/aromatic N) is 2. The first-order chi connectivity index (χ1) is 10.3. The third kappa shape index (κ3) is 6.27. The number of thioether (sulfide) groups is 1. The van der Waals surface area contributed by atoms with Crippen LogP contribution >= 0.6 is 47.1 Å². The highest BCUT2D eigenvalue weighted by Crippen LogP contribution is 2.30. The van der Waals surface area contributed by atoms with E-state index in [2.05, 4.69) is 20.6 Å². The van der Waals surface area contributed by atoms with E-state index in [1.807, 2.05) is 0 Å². The molecule has 0 aromatic carbocycles. The number of guanidine groups is 1. The number of alkyl halides is 3. The van der Waals surface area contributed by atoms with Crippen LogP contribution in [-0.4, -0.2) is 46.7 Å². The van der Waals surface area contributed by atoms with Crippen molar-refractivity contribution in [3.63, 3.8) is 0 Å². The van der Waals surface area contributed by atoms with E-state index >= 15 is 0 Å². The minimum absolute atomic E-state index is 0. The highest BCUT2D eigenvalue weighted by molar-refractivity contribution is 14.0. The number of halogens is 4. The SMILES string of the molecule is CN=C(NCc1nc(C(F)(F)F)cs1)NCC1(O)CCSC1.I. The first-order valence-corrected chi connectivity index (χ1v) is 8.62. The maximum atomic E-state index is 12.5. The number of aliphatic imine (C=N–C) groups is 1. The van der Waals surface area contributed by atoms with Crippen LogP contribution in [0.1, 0.15) is 17.1 Å². The van der Waals surface area contributed by atoms with E-state index in [4.69, 9.17) is 0 Å². The zero-order valence-electron chi connectivity index (χ0n) is 12.3. The number of hydrogen-bond acceptors (Lipinski definition) is 5. The Bertz CT molecular complexity index is 533. The summed E-state index contributed by atoms with van der Waals surface area (Å²) in [6.45, 7) is 0.499. The average molecular weight is 482 g/mol. The summed E-state index contributed by atoms with van der Waals surface area (Å²) in [5.74, 6) is 2.01. The molecular formula is C12H18F3IN4OS2. The summed E-state index contributed by atoms with van der Waals surface area (Å²) in [6, 6.07) is 0. The van der Waals surface area contributed by atoms with E-state index < -0.39 is 17.5 Å². The lowest BCUT2D eigenvalue weighted by molar-refractivity contribution is -0.140. The van der Waals surface area contributed by atoms with Crippen LogP contribution in [0.5, 0.6) is 0 Å². The second kappa shape index (κ2) is 8.72. The molecular weight excluding hydrogens is 464 g/mol. The molecule has 1 atom stereocenters. The van der Waals surface area contributed by atoms with Gasteiger partial charge in [0.15, 0.2) is 11.7 Å². The highest BCUT2D eigenvalue weighted by atomic mass is 127. The summed E-state index contributed by atoms with van der Waals surface area (Å²) in [7, 11) is 1.56. The summed E-state index contributed by atoms with van der Waals surface area (Å²) in [5, 5.41) is 17.4. The normalized spacial score (nSPS) is 21.9. The van der Waals surface area contributed by atoms with Gasteiger partial charge in [0, 0.05) is 24.7 Å². The monoisotopic (exact) mass is 482 g/mol. The van der Waals surface area contributed by atoms with Crippen molar-refractivity contribution in [3.8, 4) is 0 Å². The largest absolute Gasteiger partial charge is 0.434 e. The fraction of sp³-hybridized carbons (Fsp3) is 0.667. The Kier molecular flexibility index (Phi) is 7.87. The van der Waals surface area contributed by atoms with Crippen molar-refractivity contribution in [2.24, 2.45) is 4.99 Å². The van der Waals surface area contributed by atoms with Gasteiger partial charge in [-0.05, 0) is 12.2 Å². The molecule has 0 radical (unpaired) electrons. The van der Waals surface area contributed by atoms with Gasteiger partial charge >= 0.3 is 6.18 Å². The minimum atomic E-state index is -4.42. The average Bonchev–Trinajstić information content (AvgIpc) is 3.08. The molecule has 3 N–H and O–H groups in total. The van der Waals surface area contributed by atoms with Crippen molar-refractivity contribution >= 4 is 53.0 Å². The molecule has 0 saturated carbocycles. The van der Waals surface area contributed by atoms with E-state index in [1.165, 1.54) is 0 Å². The molecule has 1 saturated heterocycles. The first-order valence-electron chi connectivity index (χ1n) is 6.59. The van der Waals surface area contributed by atoms with Crippen LogP contribution in [0.2, 0.25) is 0 Å². The van der Waals surface area contributed by atoms with Crippen LogP contribution in [0.25, 0.3) is 0 Å². The van der Waals surface area contributed by atoms with E-state index in [1.54, 1.807) is 18.8 Å². The Labute approximate surface area is 157 Å². The predicted molar refractivity (Wildman–Crippen MR) is 97.6 cm³/mol. The van der Waals surface area contributed by atoms with Gasteiger partial charge in [0.1, 0.15) is 5.01 Å². The number of aromatic nitrogens is 1. The van der Waals surface area contributed by atoms with Crippen molar-refractivity contribution < 1.29 is 18.3 Å². The molecule has 2 rings (SSSR count). The van der Waals surface area contributed by atoms with Crippen molar-refractivity contribution in [1.29, 1.82) is 0 Å². The summed E-state index contributed by atoms with van der Waals surface area (Å²) in [5.41, 5.74) is -1.64. The van der Waals surface area contributed by atoms with E-state index in [-0.39, 0.29) is 30.5 Å². The summed E-state index contributed by atoms with van der Waals surface area (Å²) >= 11 is 2.63.